The van der Waals surface area contributed by atoms with Crippen LogP contribution in [0.25, 0.3) is 21.8 Å². The first-order chi connectivity index (χ1) is 31.1. The molecule has 6 aromatic rings. The van der Waals surface area contributed by atoms with E-state index in [4.69, 9.17) is 29.4 Å². The third-order valence-electron chi connectivity index (χ3n) is 13.4. The van der Waals surface area contributed by atoms with E-state index >= 15 is 0 Å². The molecule has 4 fully saturated rings. The number of carbonyl (C=O) groups excluding carboxylic acids is 2. The molecule has 4 aliphatic heterocycles. The number of likely N-dealkylation sites (tertiary alicyclic amines) is 1. The number of aryl methyl sites for hydroxylation is 4. The smallest absolute Gasteiger partial charge is 0.269 e. The van der Waals surface area contributed by atoms with Crippen LogP contribution in [0, 0.1) is 27.7 Å². The standard InChI is InChI=1S/C50H56N10O4/c1-30-7-13-39(14-8-30)63-45(47(61)54-34-11-17-43-41(26-34)32(3)52-49(56-43)59-23-19-37(20-24-59)58-21-5-6-22-58)46(64-40-15-9-31(2)10-16-40)48(62)55-35-12-18-44-42(27-35)33(4)53-50(57-44)60-29-36-25-38(60)28-51-36/h7-18,26-27,36-38,45-46,51H,5-6,19-25,28-29H2,1-4H3,(H,54,61)(H,55,62). The summed E-state index contributed by atoms with van der Waals surface area (Å²) in [5.74, 6) is 1.15. The lowest BCUT2D eigenvalue weighted by Crippen LogP contribution is -2.51. The lowest BCUT2D eigenvalue weighted by molar-refractivity contribution is -0.136. The molecule has 0 spiro atoms. The van der Waals surface area contributed by atoms with Gasteiger partial charge in [0.1, 0.15) is 11.5 Å². The van der Waals surface area contributed by atoms with Crippen LogP contribution in [0.4, 0.5) is 23.3 Å². The van der Waals surface area contributed by atoms with Gasteiger partial charge in [-0.05, 0) is 134 Å². The van der Waals surface area contributed by atoms with Gasteiger partial charge in [-0.2, -0.15) is 0 Å². The largest absolute Gasteiger partial charge is 0.476 e. The van der Waals surface area contributed by atoms with Crippen molar-refractivity contribution in [2.75, 3.05) is 59.7 Å². The monoisotopic (exact) mass is 860 g/mol. The molecule has 330 valence electrons. The van der Waals surface area contributed by atoms with Crippen molar-refractivity contribution < 1.29 is 19.1 Å². The van der Waals surface area contributed by atoms with Crippen LogP contribution in [0.3, 0.4) is 0 Å². The van der Waals surface area contributed by atoms with Gasteiger partial charge in [0.05, 0.1) is 22.4 Å². The molecule has 4 atom stereocenters. The Bertz CT molecular complexity index is 2680. The summed E-state index contributed by atoms with van der Waals surface area (Å²) >= 11 is 0. The number of rotatable bonds is 12. The van der Waals surface area contributed by atoms with Crippen molar-refractivity contribution in [1.82, 2.24) is 30.2 Å². The van der Waals surface area contributed by atoms with Gasteiger partial charge in [0.2, 0.25) is 24.1 Å². The molecule has 10 rings (SSSR count). The SMILES string of the molecule is Cc1ccc(OC(C(=O)Nc2ccc3nc(N4CCC(N5CCCC5)CC4)nc(C)c3c2)C(Oc2ccc(C)cc2)C(=O)Nc2ccc3nc(N4CC5CC4CN5)nc(C)c3c2)cc1. The Hall–Kier alpha value is -6.38. The highest BCUT2D eigenvalue weighted by molar-refractivity contribution is 6.04. The number of hydrogen-bond donors (Lipinski definition) is 3. The zero-order valence-corrected chi connectivity index (χ0v) is 37.0. The van der Waals surface area contributed by atoms with E-state index in [1.165, 1.54) is 25.9 Å². The van der Waals surface area contributed by atoms with E-state index < -0.39 is 24.0 Å². The van der Waals surface area contributed by atoms with Gasteiger partial charge in [-0.25, -0.2) is 19.9 Å². The third kappa shape index (κ3) is 8.76. The fourth-order valence-electron chi connectivity index (χ4n) is 9.76. The number of nitrogens with one attached hydrogen (secondary N) is 3. The Morgan fingerprint density at radius 1 is 0.641 bits per heavy atom. The Kier molecular flexibility index (Phi) is 11.5. The number of piperazine rings is 1. The normalized spacial score (nSPS) is 19.9. The zero-order valence-electron chi connectivity index (χ0n) is 37.0. The number of fused-ring (bicyclic) bond motifs is 4. The number of amides is 2. The van der Waals surface area contributed by atoms with Crippen LogP contribution in [0.1, 0.15) is 54.6 Å². The maximum atomic E-state index is 14.7. The van der Waals surface area contributed by atoms with Gasteiger partial charge in [0.15, 0.2) is 0 Å². The van der Waals surface area contributed by atoms with Crippen molar-refractivity contribution in [3.8, 4) is 11.5 Å². The van der Waals surface area contributed by atoms with E-state index in [1.54, 1.807) is 24.3 Å². The summed E-state index contributed by atoms with van der Waals surface area (Å²) in [6, 6.07) is 27.4. The minimum Gasteiger partial charge on any atom is -0.476 e. The predicted molar refractivity (Wildman–Crippen MR) is 251 cm³/mol. The van der Waals surface area contributed by atoms with Gasteiger partial charge in [-0.3, -0.25) is 9.59 Å². The van der Waals surface area contributed by atoms with Gasteiger partial charge >= 0.3 is 0 Å². The Balaban J connectivity index is 0.919. The molecular weight excluding hydrogens is 805 g/mol. The van der Waals surface area contributed by atoms with Crippen molar-refractivity contribution in [1.29, 1.82) is 0 Å². The highest BCUT2D eigenvalue weighted by Gasteiger charge is 2.40. The second kappa shape index (κ2) is 17.6. The van der Waals surface area contributed by atoms with E-state index in [2.05, 4.69) is 30.7 Å². The van der Waals surface area contributed by atoms with Gasteiger partial charge in [-0.1, -0.05) is 35.4 Å². The molecule has 4 unspecified atom stereocenters. The number of nitrogens with zero attached hydrogens (tertiary/aromatic N) is 7. The van der Waals surface area contributed by atoms with Crippen molar-refractivity contribution >= 4 is 56.9 Å². The fraction of sp³-hybridized carbons (Fsp3) is 0.400. The highest BCUT2D eigenvalue weighted by Crippen LogP contribution is 2.31. The van der Waals surface area contributed by atoms with E-state index in [1.807, 2.05) is 88.4 Å². The van der Waals surface area contributed by atoms with E-state index in [9.17, 15) is 9.59 Å². The van der Waals surface area contributed by atoms with Gasteiger partial charge in [0, 0.05) is 66.5 Å². The van der Waals surface area contributed by atoms with E-state index in [-0.39, 0.29) is 0 Å². The Morgan fingerprint density at radius 3 is 1.66 bits per heavy atom. The van der Waals surface area contributed by atoms with Crippen LogP contribution in [0.5, 0.6) is 11.5 Å². The Morgan fingerprint density at radius 2 is 1.16 bits per heavy atom. The summed E-state index contributed by atoms with van der Waals surface area (Å²) in [6.45, 7) is 14.0. The van der Waals surface area contributed by atoms with Crippen LogP contribution in [-0.2, 0) is 9.59 Å². The molecule has 6 heterocycles. The van der Waals surface area contributed by atoms with Crippen LogP contribution >= 0.6 is 0 Å². The van der Waals surface area contributed by atoms with Crippen molar-refractivity contribution in [2.24, 2.45) is 0 Å². The van der Waals surface area contributed by atoms with Crippen LogP contribution in [0.2, 0.25) is 0 Å². The van der Waals surface area contributed by atoms with E-state index in [0.29, 0.717) is 41.0 Å². The number of benzene rings is 4. The molecule has 4 aliphatic rings. The highest BCUT2D eigenvalue weighted by atomic mass is 16.6. The summed E-state index contributed by atoms with van der Waals surface area (Å²) in [4.78, 5) is 56.3. The molecule has 0 radical (unpaired) electrons. The minimum absolute atomic E-state index is 0.392. The van der Waals surface area contributed by atoms with Crippen molar-refractivity contribution in [3.63, 3.8) is 0 Å². The molecule has 0 aliphatic carbocycles. The molecule has 4 saturated heterocycles. The third-order valence-corrected chi connectivity index (χ3v) is 13.4. The summed E-state index contributed by atoms with van der Waals surface area (Å²) in [7, 11) is 0. The predicted octanol–water partition coefficient (Wildman–Crippen LogP) is 6.89. The summed E-state index contributed by atoms with van der Waals surface area (Å²) in [6.07, 6.45) is 3.06. The summed E-state index contributed by atoms with van der Waals surface area (Å²) in [5, 5.41) is 11.3. The van der Waals surface area contributed by atoms with E-state index in [0.717, 1.165) is 102 Å². The second-order valence-electron chi connectivity index (χ2n) is 18.0. The van der Waals surface area contributed by atoms with Gasteiger partial charge in [0.25, 0.3) is 11.8 Å². The van der Waals surface area contributed by atoms with Crippen molar-refractivity contribution in [2.45, 2.75) is 90.1 Å². The number of piperidine rings is 1. The second-order valence-corrected chi connectivity index (χ2v) is 18.0. The number of ether oxygens (including phenoxy) is 2. The minimum atomic E-state index is -1.43. The topological polar surface area (TPSA) is 150 Å². The average molecular weight is 861 g/mol. The van der Waals surface area contributed by atoms with Crippen LogP contribution in [0.15, 0.2) is 84.9 Å². The molecule has 3 N–H and O–H groups in total. The molecule has 0 saturated carbocycles. The van der Waals surface area contributed by atoms with Gasteiger partial charge in [-0.15, -0.1) is 0 Å². The number of carbonyl (C=O) groups is 2. The Labute approximate surface area is 373 Å². The molecule has 14 nitrogen and oxygen atoms in total. The number of aromatic nitrogens is 4. The quantitative estimate of drug-likeness (QED) is 0.118. The first-order valence-electron chi connectivity index (χ1n) is 22.7. The summed E-state index contributed by atoms with van der Waals surface area (Å²) < 4.78 is 12.9. The van der Waals surface area contributed by atoms with Crippen molar-refractivity contribution in [3.05, 3.63) is 107 Å². The first kappa shape index (κ1) is 41.6. The molecule has 2 aromatic heterocycles. The number of anilines is 4. The first-order valence-corrected chi connectivity index (χ1v) is 22.7. The fourth-order valence-corrected chi connectivity index (χ4v) is 9.76. The molecular formula is C50H56N10O4. The molecule has 4 aromatic carbocycles. The zero-order chi connectivity index (χ0) is 43.9. The molecule has 2 amide bonds. The molecule has 14 heteroatoms. The number of hydrogen-bond acceptors (Lipinski definition) is 12. The van der Waals surface area contributed by atoms with Crippen LogP contribution in [-0.4, -0.2) is 106 Å². The average Bonchev–Trinajstić information content (AvgIpc) is 4.10. The summed E-state index contributed by atoms with van der Waals surface area (Å²) in [5.41, 5.74) is 6.27. The van der Waals surface area contributed by atoms with Gasteiger partial charge < -0.3 is 40.1 Å². The van der Waals surface area contributed by atoms with Crippen LogP contribution < -0.4 is 35.2 Å². The maximum absolute atomic E-state index is 14.7. The maximum Gasteiger partial charge on any atom is 0.269 e. The molecule has 2 bridgehead atoms. The molecule has 64 heavy (non-hydrogen) atoms. The lowest BCUT2D eigenvalue weighted by atomic mass is 10.0. The lowest BCUT2D eigenvalue weighted by Gasteiger charge is -2.36.